The molecule has 3 aromatic rings. The van der Waals surface area contributed by atoms with E-state index in [1.165, 1.54) is 12.8 Å². The highest BCUT2D eigenvalue weighted by Gasteiger charge is 2.44. The quantitative estimate of drug-likeness (QED) is 0.318. The van der Waals surface area contributed by atoms with Crippen LogP contribution in [-0.4, -0.2) is 75.1 Å². The Morgan fingerprint density at radius 2 is 1.77 bits per heavy atom. The summed E-state index contributed by atoms with van der Waals surface area (Å²) in [4.78, 5) is 55.9. The van der Waals surface area contributed by atoms with Crippen molar-refractivity contribution in [3.05, 3.63) is 59.4 Å². The molecule has 0 bridgehead atoms. The van der Waals surface area contributed by atoms with Crippen molar-refractivity contribution in [1.82, 2.24) is 25.0 Å². The molecule has 12 nitrogen and oxygen atoms in total. The molecular weight excluding hydrogens is 562 g/mol. The lowest BCUT2D eigenvalue weighted by atomic mass is 9.80. The van der Waals surface area contributed by atoms with Crippen molar-refractivity contribution in [2.45, 2.75) is 62.6 Å². The molecular formula is C32H33N7O5. The average molecular weight is 596 g/mol. The molecule has 5 heterocycles. The predicted molar refractivity (Wildman–Crippen MR) is 159 cm³/mol. The number of anilines is 2. The molecule has 2 saturated carbocycles. The average Bonchev–Trinajstić information content (AvgIpc) is 3.68. The van der Waals surface area contributed by atoms with Crippen LogP contribution < -0.4 is 16.0 Å². The number of carbonyl (C=O) groups excluding carboxylic acids is 4. The first-order valence-corrected chi connectivity index (χ1v) is 15.4. The van der Waals surface area contributed by atoms with E-state index in [2.05, 4.69) is 32.9 Å². The number of hydrogen-bond acceptors (Lipinski definition) is 9. The molecule has 4 fully saturated rings. The van der Waals surface area contributed by atoms with Crippen LogP contribution in [-0.2, 0) is 14.3 Å². The summed E-state index contributed by atoms with van der Waals surface area (Å²) in [6, 6.07) is 10.9. The molecule has 3 N–H and O–H groups in total. The van der Waals surface area contributed by atoms with Crippen LogP contribution in [0.4, 0.5) is 11.5 Å². The van der Waals surface area contributed by atoms with E-state index in [1.807, 2.05) is 12.1 Å². The maximum atomic E-state index is 13.1. The van der Waals surface area contributed by atoms with Gasteiger partial charge < -0.3 is 15.4 Å². The summed E-state index contributed by atoms with van der Waals surface area (Å²) in [5, 5.41) is 14.1. The second-order valence-corrected chi connectivity index (χ2v) is 12.5. The second-order valence-electron chi connectivity index (χ2n) is 12.5. The summed E-state index contributed by atoms with van der Waals surface area (Å²) in [6.07, 6.45) is 6.70. The number of benzene rings is 1. The fourth-order valence-electron chi connectivity index (χ4n) is 6.57. The van der Waals surface area contributed by atoms with E-state index in [0.29, 0.717) is 37.1 Å². The van der Waals surface area contributed by atoms with Gasteiger partial charge in [-0.1, -0.05) is 6.07 Å². The number of aromatic nitrogens is 3. The highest BCUT2D eigenvalue weighted by atomic mass is 16.5. The van der Waals surface area contributed by atoms with Gasteiger partial charge in [-0.3, -0.25) is 34.1 Å². The van der Waals surface area contributed by atoms with E-state index in [0.717, 1.165) is 52.7 Å². The zero-order valence-electron chi connectivity index (χ0n) is 24.1. The first-order valence-electron chi connectivity index (χ1n) is 15.4. The van der Waals surface area contributed by atoms with E-state index in [1.54, 1.807) is 18.2 Å². The Morgan fingerprint density at radius 3 is 2.52 bits per heavy atom. The number of fused-ring (bicyclic) bond motifs is 1. The van der Waals surface area contributed by atoms with Crippen LogP contribution >= 0.6 is 0 Å². The Morgan fingerprint density at radius 1 is 0.955 bits per heavy atom. The van der Waals surface area contributed by atoms with Gasteiger partial charge in [0.2, 0.25) is 11.8 Å². The van der Waals surface area contributed by atoms with Crippen molar-refractivity contribution in [2.75, 3.05) is 30.4 Å². The molecule has 8 rings (SSSR count). The van der Waals surface area contributed by atoms with Gasteiger partial charge in [-0.2, -0.15) is 5.10 Å². The maximum Gasteiger partial charge on any atom is 0.262 e. The number of ether oxygens (including phenoxy) is 1. The smallest absolute Gasteiger partial charge is 0.262 e. The monoisotopic (exact) mass is 595 g/mol. The highest BCUT2D eigenvalue weighted by molar-refractivity contribution is 6.23. The molecule has 2 aromatic heterocycles. The number of carbonyl (C=O) groups is 4. The first kappa shape index (κ1) is 27.0. The summed E-state index contributed by atoms with van der Waals surface area (Å²) in [6.45, 7) is 2.16. The third-order valence-corrected chi connectivity index (χ3v) is 9.36. The third kappa shape index (κ3) is 4.83. The van der Waals surface area contributed by atoms with E-state index in [4.69, 9.17) is 14.8 Å². The molecule has 1 aromatic carbocycles. The van der Waals surface area contributed by atoms with Crippen LogP contribution in [0.2, 0.25) is 0 Å². The number of imide groups is 2. The van der Waals surface area contributed by atoms with E-state index >= 15 is 0 Å². The Hall–Kier alpha value is -4.58. The molecule has 2 saturated heterocycles. The third-order valence-electron chi connectivity index (χ3n) is 9.36. The zero-order chi connectivity index (χ0) is 29.9. The van der Waals surface area contributed by atoms with Crippen molar-refractivity contribution in [2.24, 2.45) is 5.92 Å². The van der Waals surface area contributed by atoms with E-state index < -0.39 is 23.8 Å². The van der Waals surface area contributed by atoms with Crippen LogP contribution in [0.1, 0.15) is 76.9 Å². The van der Waals surface area contributed by atoms with Crippen molar-refractivity contribution < 1.29 is 23.9 Å². The van der Waals surface area contributed by atoms with Gasteiger partial charge in [0.15, 0.2) is 0 Å². The fraction of sp³-hybridized carbons (Fsp3) is 0.438. The zero-order valence-corrected chi connectivity index (χ0v) is 24.1. The Balaban J connectivity index is 0.903. The van der Waals surface area contributed by atoms with Gasteiger partial charge in [-0.25, -0.2) is 4.98 Å². The molecule has 3 aliphatic heterocycles. The number of rotatable bonds is 9. The molecule has 226 valence electrons. The summed E-state index contributed by atoms with van der Waals surface area (Å²) in [7, 11) is 0. The number of pyridine rings is 1. The normalized spacial score (nSPS) is 24.9. The Kier molecular flexibility index (Phi) is 6.47. The number of nitrogens with one attached hydrogen (secondary N) is 3. The van der Waals surface area contributed by atoms with Gasteiger partial charge in [0, 0.05) is 36.3 Å². The number of piperidine rings is 1. The molecule has 1 unspecified atom stereocenters. The van der Waals surface area contributed by atoms with Gasteiger partial charge in [-0.15, -0.1) is 0 Å². The topological polar surface area (TPSA) is 148 Å². The summed E-state index contributed by atoms with van der Waals surface area (Å²) in [5.74, 6) is -0.187. The van der Waals surface area contributed by atoms with Crippen molar-refractivity contribution in [3.8, 4) is 11.3 Å². The second kappa shape index (κ2) is 10.5. The fourth-order valence-corrected chi connectivity index (χ4v) is 6.57. The number of amides is 4. The van der Waals surface area contributed by atoms with Crippen molar-refractivity contribution >= 4 is 35.1 Å². The number of nitrogens with zero attached hydrogens (tertiary/aromatic N) is 4. The van der Waals surface area contributed by atoms with Gasteiger partial charge >= 0.3 is 0 Å². The standard InChI is InChI=1S/C32H33N7O5/c40-28-9-8-26(30(41)36-28)39-31(42)22-7-6-19(12-23(22)32(39)43)33-13-17-10-21(11-17)38-14-24(29(37-38)18-4-5-18)25-2-1-3-27(35-25)34-20-15-44-16-20/h1-3,6-7,12,14,17-18,20-21,26,33H,4-5,8-11,13,15-16H2,(H,34,35)(H,36,40,41). The minimum atomic E-state index is -0.967. The molecule has 0 spiro atoms. The molecule has 5 aliphatic rings. The lowest BCUT2D eigenvalue weighted by Crippen LogP contribution is -2.54. The minimum absolute atomic E-state index is 0.0961. The molecule has 2 aliphatic carbocycles. The maximum absolute atomic E-state index is 13.1. The molecule has 44 heavy (non-hydrogen) atoms. The van der Waals surface area contributed by atoms with E-state index in [-0.39, 0.29) is 29.9 Å². The molecule has 12 heteroatoms. The van der Waals surface area contributed by atoms with Crippen LogP contribution in [0.15, 0.2) is 42.6 Å². The van der Waals surface area contributed by atoms with Gasteiger partial charge in [0.05, 0.1) is 47.8 Å². The van der Waals surface area contributed by atoms with Gasteiger partial charge in [-0.05, 0) is 68.4 Å². The molecule has 1 atom stereocenters. The minimum Gasteiger partial charge on any atom is -0.385 e. The van der Waals surface area contributed by atoms with Crippen LogP contribution in [0.3, 0.4) is 0 Å². The van der Waals surface area contributed by atoms with Crippen LogP contribution in [0.5, 0.6) is 0 Å². The van der Waals surface area contributed by atoms with Crippen molar-refractivity contribution in [1.29, 1.82) is 0 Å². The highest BCUT2D eigenvalue weighted by Crippen LogP contribution is 2.45. The number of hydrogen-bond donors (Lipinski definition) is 3. The molecule has 0 radical (unpaired) electrons. The predicted octanol–water partition coefficient (Wildman–Crippen LogP) is 3.10. The molecule has 4 amide bonds. The van der Waals surface area contributed by atoms with Crippen molar-refractivity contribution in [3.63, 3.8) is 0 Å². The Labute approximate surface area is 253 Å². The first-order chi connectivity index (χ1) is 21.4. The SMILES string of the molecule is O=C1CCC(N2C(=O)c3ccc(NCC4CC(n5cc(-c6cccc(NC7COC7)n6)c(C6CC6)n5)C4)cc3C2=O)C(=O)N1. The lowest BCUT2D eigenvalue weighted by molar-refractivity contribution is -0.136. The van der Waals surface area contributed by atoms with Crippen LogP contribution in [0.25, 0.3) is 11.3 Å². The van der Waals surface area contributed by atoms with Gasteiger partial charge in [0.25, 0.3) is 11.8 Å². The van der Waals surface area contributed by atoms with Crippen LogP contribution in [0, 0.1) is 5.92 Å². The van der Waals surface area contributed by atoms with E-state index in [9.17, 15) is 19.2 Å². The Bertz CT molecular complexity index is 1690. The van der Waals surface area contributed by atoms with Gasteiger partial charge in [0.1, 0.15) is 11.9 Å². The summed E-state index contributed by atoms with van der Waals surface area (Å²) < 4.78 is 7.41. The lowest BCUT2D eigenvalue weighted by Gasteiger charge is -2.35. The summed E-state index contributed by atoms with van der Waals surface area (Å²) >= 11 is 0. The summed E-state index contributed by atoms with van der Waals surface area (Å²) in [5.41, 5.74) is 4.52. The largest absolute Gasteiger partial charge is 0.385 e.